The van der Waals surface area contributed by atoms with Crippen molar-refractivity contribution in [1.82, 2.24) is 5.32 Å². The van der Waals surface area contributed by atoms with Gasteiger partial charge in [-0.25, -0.2) is 0 Å². The van der Waals surface area contributed by atoms with Crippen molar-refractivity contribution in [2.24, 2.45) is 0 Å². The van der Waals surface area contributed by atoms with E-state index in [-0.39, 0.29) is 0 Å². The molecule has 2 nitrogen and oxygen atoms in total. The van der Waals surface area contributed by atoms with Crippen LogP contribution in [-0.2, 0) is 6.54 Å². The molecule has 2 rings (SSSR count). The van der Waals surface area contributed by atoms with E-state index in [0.29, 0.717) is 5.25 Å². The molecule has 0 aliphatic rings. The SMILES string of the molecule is COc1ccc(SC(C)CNCc2cccs2)cc1. The van der Waals surface area contributed by atoms with E-state index in [4.69, 9.17) is 4.74 Å². The van der Waals surface area contributed by atoms with Crippen molar-refractivity contribution in [3.05, 3.63) is 46.7 Å². The first-order valence-electron chi connectivity index (χ1n) is 6.31. The average Bonchev–Trinajstić information content (AvgIpc) is 2.93. The third-order valence-electron chi connectivity index (χ3n) is 2.71. The summed E-state index contributed by atoms with van der Waals surface area (Å²) in [7, 11) is 1.69. The molecule has 0 aliphatic carbocycles. The normalized spacial score (nSPS) is 12.3. The Labute approximate surface area is 123 Å². The summed E-state index contributed by atoms with van der Waals surface area (Å²) in [5.74, 6) is 0.910. The molecule has 0 spiro atoms. The van der Waals surface area contributed by atoms with Gasteiger partial charge in [-0.1, -0.05) is 13.0 Å². The summed E-state index contributed by atoms with van der Waals surface area (Å²) in [5.41, 5.74) is 0. The highest BCUT2D eigenvalue weighted by Gasteiger charge is 2.04. The van der Waals surface area contributed by atoms with Gasteiger partial charge in [-0.15, -0.1) is 23.1 Å². The summed E-state index contributed by atoms with van der Waals surface area (Å²) >= 11 is 3.68. The van der Waals surface area contributed by atoms with Gasteiger partial charge in [-0.3, -0.25) is 0 Å². The number of thioether (sulfide) groups is 1. The third kappa shape index (κ3) is 4.90. The van der Waals surface area contributed by atoms with Crippen molar-refractivity contribution in [3.63, 3.8) is 0 Å². The maximum atomic E-state index is 5.16. The van der Waals surface area contributed by atoms with Crippen molar-refractivity contribution in [2.75, 3.05) is 13.7 Å². The van der Waals surface area contributed by atoms with Crippen LogP contribution in [0.1, 0.15) is 11.8 Å². The van der Waals surface area contributed by atoms with E-state index in [1.165, 1.54) is 9.77 Å². The third-order valence-corrected chi connectivity index (χ3v) is 4.70. The molecule has 102 valence electrons. The molecule has 1 atom stereocenters. The molecule has 0 radical (unpaired) electrons. The van der Waals surface area contributed by atoms with Crippen LogP contribution in [0.2, 0.25) is 0 Å². The molecule has 0 bridgehead atoms. The molecule has 4 heteroatoms. The van der Waals surface area contributed by atoms with E-state index >= 15 is 0 Å². The maximum absolute atomic E-state index is 5.16. The number of ether oxygens (including phenoxy) is 1. The minimum atomic E-state index is 0.549. The van der Waals surface area contributed by atoms with Crippen LogP contribution in [-0.4, -0.2) is 18.9 Å². The van der Waals surface area contributed by atoms with Crippen molar-refractivity contribution in [2.45, 2.75) is 23.6 Å². The Kier molecular flexibility index (Phi) is 5.76. The van der Waals surface area contributed by atoms with Crippen molar-refractivity contribution in [1.29, 1.82) is 0 Å². The largest absolute Gasteiger partial charge is 0.497 e. The maximum Gasteiger partial charge on any atom is 0.118 e. The molecule has 19 heavy (non-hydrogen) atoms. The predicted molar refractivity (Wildman–Crippen MR) is 84.3 cm³/mol. The van der Waals surface area contributed by atoms with Gasteiger partial charge in [0.25, 0.3) is 0 Å². The molecule has 1 unspecified atom stereocenters. The summed E-state index contributed by atoms with van der Waals surface area (Å²) in [6.45, 7) is 4.22. The second-order valence-corrected chi connectivity index (χ2v) is 6.86. The lowest BCUT2D eigenvalue weighted by molar-refractivity contribution is 0.414. The van der Waals surface area contributed by atoms with Gasteiger partial charge in [-0.05, 0) is 35.7 Å². The zero-order valence-electron chi connectivity index (χ0n) is 11.3. The lowest BCUT2D eigenvalue weighted by atomic mass is 10.3. The summed E-state index contributed by atoms with van der Waals surface area (Å²) in [6, 6.07) is 12.5. The monoisotopic (exact) mass is 293 g/mol. The zero-order valence-corrected chi connectivity index (χ0v) is 12.9. The first-order chi connectivity index (χ1) is 9.28. The Morgan fingerprint density at radius 2 is 2.05 bits per heavy atom. The van der Waals surface area contributed by atoms with Gasteiger partial charge in [-0.2, -0.15) is 0 Å². The van der Waals surface area contributed by atoms with Gasteiger partial charge in [0.1, 0.15) is 5.75 Å². The summed E-state index contributed by atoms with van der Waals surface area (Å²) in [4.78, 5) is 2.67. The Bertz CT molecular complexity index is 467. The van der Waals surface area contributed by atoms with Crippen LogP contribution in [0.5, 0.6) is 5.75 Å². The molecule has 0 fully saturated rings. The summed E-state index contributed by atoms with van der Waals surface area (Å²) in [5, 5.41) is 6.16. The molecular weight excluding hydrogens is 274 g/mol. The van der Waals surface area contributed by atoms with E-state index < -0.39 is 0 Å². The molecule has 1 aromatic heterocycles. The van der Waals surface area contributed by atoms with E-state index in [9.17, 15) is 0 Å². The Morgan fingerprint density at radius 1 is 1.26 bits per heavy atom. The average molecular weight is 293 g/mol. The molecule has 1 aromatic carbocycles. The number of hydrogen-bond donors (Lipinski definition) is 1. The lowest BCUT2D eigenvalue weighted by Crippen LogP contribution is -2.21. The number of hydrogen-bond acceptors (Lipinski definition) is 4. The lowest BCUT2D eigenvalue weighted by Gasteiger charge is -2.12. The smallest absolute Gasteiger partial charge is 0.118 e. The molecular formula is C15H19NOS2. The fourth-order valence-electron chi connectivity index (χ4n) is 1.74. The Morgan fingerprint density at radius 3 is 2.68 bits per heavy atom. The number of thiophene rings is 1. The van der Waals surface area contributed by atoms with Gasteiger partial charge < -0.3 is 10.1 Å². The van der Waals surface area contributed by atoms with Crippen LogP contribution < -0.4 is 10.1 Å². The first kappa shape index (κ1) is 14.4. The standard InChI is InChI=1S/C15H19NOS2/c1-12(10-16-11-15-4-3-9-18-15)19-14-7-5-13(17-2)6-8-14/h3-9,12,16H,10-11H2,1-2H3. The quantitative estimate of drug-likeness (QED) is 0.779. The molecule has 0 aliphatic heterocycles. The van der Waals surface area contributed by atoms with E-state index in [1.54, 1.807) is 18.4 Å². The number of methoxy groups -OCH3 is 1. The highest BCUT2D eigenvalue weighted by atomic mass is 32.2. The predicted octanol–water partition coefficient (Wildman–Crippen LogP) is 4.03. The molecule has 1 N–H and O–H groups in total. The van der Waals surface area contributed by atoms with Crippen molar-refractivity contribution < 1.29 is 4.74 Å². The second-order valence-electron chi connectivity index (χ2n) is 4.31. The minimum Gasteiger partial charge on any atom is -0.497 e. The number of nitrogens with one attached hydrogen (secondary N) is 1. The fourth-order valence-corrected chi connectivity index (χ4v) is 3.37. The van der Waals surface area contributed by atoms with Gasteiger partial charge in [0.2, 0.25) is 0 Å². The molecule has 0 amide bonds. The van der Waals surface area contributed by atoms with Crippen LogP contribution in [0.4, 0.5) is 0 Å². The number of benzene rings is 1. The van der Waals surface area contributed by atoms with Gasteiger partial charge in [0.05, 0.1) is 7.11 Å². The Hall–Kier alpha value is -0.970. The van der Waals surface area contributed by atoms with Crippen molar-refractivity contribution in [3.8, 4) is 5.75 Å². The Balaban J connectivity index is 1.72. The van der Waals surface area contributed by atoms with Crippen LogP contribution in [0.15, 0.2) is 46.7 Å². The summed E-state index contributed by atoms with van der Waals surface area (Å²) in [6.07, 6.45) is 0. The van der Waals surface area contributed by atoms with Crippen molar-refractivity contribution >= 4 is 23.1 Å². The highest BCUT2D eigenvalue weighted by Crippen LogP contribution is 2.25. The van der Waals surface area contributed by atoms with E-state index in [2.05, 4.69) is 41.9 Å². The first-order valence-corrected chi connectivity index (χ1v) is 8.07. The van der Waals surface area contributed by atoms with Gasteiger partial charge >= 0.3 is 0 Å². The minimum absolute atomic E-state index is 0.549. The van der Waals surface area contributed by atoms with Crippen LogP contribution in [0.3, 0.4) is 0 Å². The molecule has 0 saturated heterocycles. The van der Waals surface area contributed by atoms with Crippen LogP contribution in [0, 0.1) is 0 Å². The van der Waals surface area contributed by atoms with Crippen LogP contribution >= 0.6 is 23.1 Å². The highest BCUT2D eigenvalue weighted by molar-refractivity contribution is 8.00. The van der Waals surface area contributed by atoms with E-state index in [1.807, 2.05) is 23.9 Å². The molecule has 2 aromatic rings. The topological polar surface area (TPSA) is 21.3 Å². The van der Waals surface area contributed by atoms with E-state index in [0.717, 1.165) is 18.8 Å². The fraction of sp³-hybridized carbons (Fsp3) is 0.333. The summed E-state index contributed by atoms with van der Waals surface area (Å²) < 4.78 is 5.16. The van der Waals surface area contributed by atoms with Crippen LogP contribution in [0.25, 0.3) is 0 Å². The zero-order chi connectivity index (χ0) is 13.5. The molecule has 1 heterocycles. The van der Waals surface area contributed by atoms with Gasteiger partial charge in [0, 0.05) is 28.1 Å². The molecule has 0 saturated carbocycles. The second kappa shape index (κ2) is 7.58. The number of rotatable bonds is 7. The van der Waals surface area contributed by atoms with Gasteiger partial charge in [0.15, 0.2) is 0 Å².